The van der Waals surface area contributed by atoms with Crippen molar-refractivity contribution in [1.29, 1.82) is 0 Å². The van der Waals surface area contributed by atoms with Crippen molar-refractivity contribution in [3.8, 4) is 0 Å². The largest absolute Gasteiger partial charge is 0.310 e. The Morgan fingerprint density at radius 1 is 1.37 bits per heavy atom. The summed E-state index contributed by atoms with van der Waals surface area (Å²) in [4.78, 5) is 0.985. The minimum atomic E-state index is -3.26. The molecule has 1 fully saturated rings. The molecule has 1 atom stereocenters. The zero-order valence-electron chi connectivity index (χ0n) is 11.1. The van der Waals surface area contributed by atoms with E-state index in [1.165, 1.54) is 24.4 Å². The van der Waals surface area contributed by atoms with Gasteiger partial charge in [-0.2, -0.15) is 0 Å². The Kier molecular flexibility index (Phi) is 4.82. The molecule has 0 aromatic heterocycles. The molecule has 1 N–H and O–H groups in total. The molecule has 1 unspecified atom stereocenters. The van der Waals surface area contributed by atoms with Crippen molar-refractivity contribution in [3.05, 3.63) is 22.7 Å². The second-order valence-electron chi connectivity index (χ2n) is 4.81. The smallest absolute Gasteiger partial charge is 0.176 e. The first kappa shape index (κ1) is 15.2. The SMILES string of the molecule is CSc1c(Cl)cc(C2CCCCN2)cc1S(C)(=O)=O. The van der Waals surface area contributed by atoms with Gasteiger partial charge in [0, 0.05) is 17.2 Å². The van der Waals surface area contributed by atoms with E-state index in [9.17, 15) is 8.42 Å². The monoisotopic (exact) mass is 319 g/mol. The molecule has 19 heavy (non-hydrogen) atoms. The number of piperidine rings is 1. The molecule has 1 aromatic carbocycles. The lowest BCUT2D eigenvalue weighted by Gasteiger charge is -2.25. The summed E-state index contributed by atoms with van der Waals surface area (Å²) in [5, 5.41) is 3.94. The molecule has 3 nitrogen and oxygen atoms in total. The molecule has 1 heterocycles. The maximum absolute atomic E-state index is 11.9. The lowest BCUT2D eigenvalue weighted by Crippen LogP contribution is -2.27. The quantitative estimate of drug-likeness (QED) is 0.868. The van der Waals surface area contributed by atoms with Crippen LogP contribution in [-0.2, 0) is 9.84 Å². The van der Waals surface area contributed by atoms with Gasteiger partial charge in [0.15, 0.2) is 9.84 Å². The molecule has 0 saturated carbocycles. The second kappa shape index (κ2) is 6.04. The van der Waals surface area contributed by atoms with Gasteiger partial charge in [-0.3, -0.25) is 0 Å². The molecule has 2 rings (SSSR count). The van der Waals surface area contributed by atoms with Crippen LogP contribution in [0.25, 0.3) is 0 Å². The van der Waals surface area contributed by atoms with Crippen LogP contribution >= 0.6 is 23.4 Å². The number of hydrogen-bond acceptors (Lipinski definition) is 4. The number of hydrogen-bond donors (Lipinski definition) is 1. The normalized spacial score (nSPS) is 20.5. The van der Waals surface area contributed by atoms with Crippen molar-refractivity contribution in [2.45, 2.75) is 35.1 Å². The van der Waals surface area contributed by atoms with Crippen molar-refractivity contribution in [3.63, 3.8) is 0 Å². The third kappa shape index (κ3) is 3.45. The van der Waals surface area contributed by atoms with Crippen LogP contribution < -0.4 is 5.32 Å². The lowest BCUT2D eigenvalue weighted by atomic mass is 9.98. The van der Waals surface area contributed by atoms with Gasteiger partial charge in [-0.25, -0.2) is 8.42 Å². The Hall–Kier alpha value is -0.230. The van der Waals surface area contributed by atoms with Crippen LogP contribution in [0.3, 0.4) is 0 Å². The molecule has 1 saturated heterocycles. The van der Waals surface area contributed by atoms with Crippen LogP contribution in [0.5, 0.6) is 0 Å². The van der Waals surface area contributed by atoms with Crippen molar-refractivity contribution in [2.24, 2.45) is 0 Å². The summed E-state index contributed by atoms with van der Waals surface area (Å²) in [7, 11) is -3.26. The van der Waals surface area contributed by atoms with Crippen molar-refractivity contribution < 1.29 is 8.42 Å². The van der Waals surface area contributed by atoms with E-state index in [4.69, 9.17) is 11.6 Å². The molecule has 0 spiro atoms. The maximum Gasteiger partial charge on any atom is 0.176 e. The van der Waals surface area contributed by atoms with Crippen LogP contribution in [-0.4, -0.2) is 27.5 Å². The highest BCUT2D eigenvalue weighted by Crippen LogP contribution is 2.36. The number of thioether (sulfide) groups is 1. The van der Waals surface area contributed by atoms with Gasteiger partial charge in [0.2, 0.25) is 0 Å². The van der Waals surface area contributed by atoms with Gasteiger partial charge in [0.1, 0.15) is 0 Å². The average molecular weight is 320 g/mol. The third-order valence-corrected chi connectivity index (χ3v) is 5.86. The molecule has 1 aromatic rings. The fourth-order valence-corrected chi connectivity index (χ4v) is 4.93. The van der Waals surface area contributed by atoms with Gasteiger partial charge < -0.3 is 5.32 Å². The van der Waals surface area contributed by atoms with E-state index in [1.54, 1.807) is 6.07 Å². The Morgan fingerprint density at radius 3 is 2.63 bits per heavy atom. The highest BCUT2D eigenvalue weighted by molar-refractivity contribution is 7.99. The Bertz CT molecular complexity index is 566. The predicted molar refractivity (Wildman–Crippen MR) is 80.9 cm³/mol. The zero-order valence-corrected chi connectivity index (χ0v) is 13.5. The molecule has 0 bridgehead atoms. The number of sulfone groups is 1. The zero-order chi connectivity index (χ0) is 14.0. The summed E-state index contributed by atoms with van der Waals surface area (Å²) in [6, 6.07) is 3.88. The summed E-state index contributed by atoms with van der Waals surface area (Å²) in [6.45, 7) is 0.973. The molecule has 1 aliphatic rings. The number of halogens is 1. The molecule has 6 heteroatoms. The van der Waals surface area contributed by atoms with Gasteiger partial charge in [-0.05, 0) is 43.3 Å². The Morgan fingerprint density at radius 2 is 2.11 bits per heavy atom. The Balaban J connectivity index is 2.50. The summed E-state index contributed by atoms with van der Waals surface area (Å²) in [5.74, 6) is 0. The average Bonchev–Trinajstić information content (AvgIpc) is 2.37. The number of benzene rings is 1. The maximum atomic E-state index is 11.9. The predicted octanol–water partition coefficient (Wildman–Crippen LogP) is 3.28. The highest BCUT2D eigenvalue weighted by atomic mass is 35.5. The van der Waals surface area contributed by atoms with E-state index < -0.39 is 9.84 Å². The molecule has 106 valence electrons. The first-order chi connectivity index (χ1) is 8.93. The third-order valence-electron chi connectivity index (χ3n) is 3.35. The minimum absolute atomic E-state index is 0.211. The molecule has 1 aliphatic heterocycles. The van der Waals surface area contributed by atoms with Gasteiger partial charge in [0.05, 0.1) is 9.92 Å². The summed E-state index contributed by atoms with van der Waals surface area (Å²) in [5.41, 5.74) is 0.975. The Labute approximate surface area is 124 Å². The molecular weight excluding hydrogens is 302 g/mol. The second-order valence-corrected chi connectivity index (χ2v) is 8.02. The standard InChI is InChI=1S/C13H18ClNO2S2/c1-18-13-10(14)7-9(8-12(13)19(2,16)17)11-5-3-4-6-15-11/h7-8,11,15H,3-6H2,1-2H3. The van der Waals surface area contributed by atoms with Crippen LogP contribution in [0.2, 0.25) is 5.02 Å². The summed E-state index contributed by atoms with van der Waals surface area (Å²) < 4.78 is 23.8. The molecule has 0 aliphatic carbocycles. The fraction of sp³-hybridized carbons (Fsp3) is 0.538. The highest BCUT2D eigenvalue weighted by Gasteiger charge is 2.21. The van der Waals surface area contributed by atoms with E-state index in [0.717, 1.165) is 24.9 Å². The van der Waals surface area contributed by atoms with Crippen LogP contribution in [0, 0.1) is 0 Å². The van der Waals surface area contributed by atoms with Crippen LogP contribution in [0.1, 0.15) is 30.9 Å². The topological polar surface area (TPSA) is 46.2 Å². The van der Waals surface area contributed by atoms with Gasteiger partial charge in [-0.1, -0.05) is 18.0 Å². The van der Waals surface area contributed by atoms with Crippen LogP contribution in [0.4, 0.5) is 0 Å². The van der Waals surface area contributed by atoms with Crippen molar-refractivity contribution in [2.75, 3.05) is 19.1 Å². The number of nitrogens with one attached hydrogen (secondary N) is 1. The van der Waals surface area contributed by atoms with Crippen molar-refractivity contribution in [1.82, 2.24) is 5.32 Å². The molecule has 0 radical (unpaired) electrons. The minimum Gasteiger partial charge on any atom is -0.310 e. The van der Waals surface area contributed by atoms with E-state index in [0.29, 0.717) is 14.8 Å². The fourth-order valence-electron chi connectivity index (χ4n) is 2.40. The van der Waals surface area contributed by atoms with Gasteiger partial charge in [-0.15, -0.1) is 11.8 Å². The lowest BCUT2D eigenvalue weighted by molar-refractivity contribution is 0.411. The van der Waals surface area contributed by atoms with E-state index in [1.807, 2.05) is 12.3 Å². The van der Waals surface area contributed by atoms with Crippen LogP contribution in [0.15, 0.2) is 21.9 Å². The molecular formula is C13H18ClNO2S2. The summed E-state index contributed by atoms with van der Waals surface area (Å²) >= 11 is 7.62. The molecule has 0 amide bonds. The van der Waals surface area contributed by atoms with Crippen molar-refractivity contribution >= 4 is 33.2 Å². The van der Waals surface area contributed by atoms with E-state index in [2.05, 4.69) is 5.32 Å². The number of rotatable bonds is 3. The summed E-state index contributed by atoms with van der Waals surface area (Å²) in [6.07, 6.45) is 6.43. The van der Waals surface area contributed by atoms with E-state index >= 15 is 0 Å². The van der Waals surface area contributed by atoms with Gasteiger partial charge >= 0.3 is 0 Å². The first-order valence-electron chi connectivity index (χ1n) is 6.24. The van der Waals surface area contributed by atoms with Gasteiger partial charge in [0.25, 0.3) is 0 Å². The van der Waals surface area contributed by atoms with E-state index in [-0.39, 0.29) is 6.04 Å². The first-order valence-corrected chi connectivity index (χ1v) is 9.74.